The zero-order valence-electron chi connectivity index (χ0n) is 11.0. The summed E-state index contributed by atoms with van der Waals surface area (Å²) in [5.74, 6) is 2.50. The predicted molar refractivity (Wildman–Crippen MR) is 69.3 cm³/mol. The molecule has 0 aliphatic heterocycles. The van der Waals surface area contributed by atoms with Crippen LogP contribution >= 0.6 is 0 Å². The summed E-state index contributed by atoms with van der Waals surface area (Å²) in [5, 5.41) is 3.85. The molecular formula is C14H28N2. The molecule has 2 saturated carbocycles. The van der Waals surface area contributed by atoms with Gasteiger partial charge in [0.15, 0.2) is 0 Å². The average Bonchev–Trinajstić information content (AvgIpc) is 3.10. The first-order valence-electron chi connectivity index (χ1n) is 7.13. The highest BCUT2D eigenvalue weighted by atomic mass is 15.0. The van der Waals surface area contributed by atoms with Crippen molar-refractivity contribution in [2.45, 2.75) is 57.9 Å². The van der Waals surface area contributed by atoms with Crippen LogP contribution in [-0.2, 0) is 0 Å². The molecular weight excluding hydrogens is 196 g/mol. The van der Waals surface area contributed by atoms with E-state index in [0.717, 1.165) is 24.3 Å². The minimum atomic E-state index is 0.259. The second kappa shape index (κ2) is 5.05. The van der Waals surface area contributed by atoms with Crippen LogP contribution < -0.4 is 11.1 Å². The molecule has 2 fully saturated rings. The fourth-order valence-corrected chi connectivity index (χ4v) is 3.45. The molecule has 0 radical (unpaired) electrons. The summed E-state index contributed by atoms with van der Waals surface area (Å²) >= 11 is 0. The van der Waals surface area contributed by atoms with Crippen molar-refractivity contribution in [2.24, 2.45) is 23.5 Å². The first-order valence-corrected chi connectivity index (χ1v) is 7.13. The molecule has 0 saturated heterocycles. The molecule has 0 aromatic heterocycles. The first-order chi connectivity index (χ1) is 7.68. The van der Waals surface area contributed by atoms with Crippen LogP contribution in [0.4, 0.5) is 0 Å². The lowest BCUT2D eigenvalue weighted by molar-refractivity contribution is 0.107. The smallest absolute Gasteiger partial charge is 0.0334 e. The summed E-state index contributed by atoms with van der Waals surface area (Å²) in [5.41, 5.74) is 6.37. The Bertz CT molecular complexity index is 223. The molecule has 0 heterocycles. The van der Waals surface area contributed by atoms with E-state index in [9.17, 15) is 0 Å². The topological polar surface area (TPSA) is 38.0 Å². The Morgan fingerprint density at radius 2 is 2.00 bits per heavy atom. The van der Waals surface area contributed by atoms with E-state index >= 15 is 0 Å². The van der Waals surface area contributed by atoms with Crippen LogP contribution in [0.5, 0.6) is 0 Å². The van der Waals surface area contributed by atoms with Gasteiger partial charge < -0.3 is 11.1 Å². The molecule has 2 aliphatic rings. The van der Waals surface area contributed by atoms with Gasteiger partial charge >= 0.3 is 0 Å². The zero-order chi connectivity index (χ0) is 11.6. The maximum Gasteiger partial charge on any atom is 0.0334 e. The van der Waals surface area contributed by atoms with Crippen molar-refractivity contribution in [3.63, 3.8) is 0 Å². The summed E-state index contributed by atoms with van der Waals surface area (Å²) in [7, 11) is 0. The van der Waals surface area contributed by atoms with Crippen LogP contribution in [0.25, 0.3) is 0 Å². The van der Waals surface area contributed by atoms with Gasteiger partial charge in [-0.15, -0.1) is 0 Å². The highest BCUT2D eigenvalue weighted by molar-refractivity contribution is 5.00. The number of hydrogen-bond donors (Lipinski definition) is 2. The third-order valence-electron chi connectivity index (χ3n) is 4.71. The maximum absolute atomic E-state index is 6.11. The molecule has 0 amide bonds. The van der Waals surface area contributed by atoms with Crippen LogP contribution in [0.2, 0.25) is 0 Å². The molecule has 94 valence electrons. The van der Waals surface area contributed by atoms with E-state index in [0.29, 0.717) is 0 Å². The van der Waals surface area contributed by atoms with E-state index in [2.05, 4.69) is 19.2 Å². The van der Waals surface area contributed by atoms with Gasteiger partial charge in [0, 0.05) is 12.1 Å². The quantitative estimate of drug-likeness (QED) is 0.753. The summed E-state index contributed by atoms with van der Waals surface area (Å²) in [6.07, 6.45) is 8.28. The highest BCUT2D eigenvalue weighted by Gasteiger charge is 2.41. The van der Waals surface area contributed by atoms with Crippen molar-refractivity contribution >= 4 is 0 Å². The Kier molecular flexibility index (Phi) is 3.91. The molecule has 0 aromatic carbocycles. The van der Waals surface area contributed by atoms with E-state index in [1.807, 2.05) is 0 Å². The van der Waals surface area contributed by atoms with Crippen molar-refractivity contribution in [3.05, 3.63) is 0 Å². The largest absolute Gasteiger partial charge is 0.329 e. The third-order valence-corrected chi connectivity index (χ3v) is 4.71. The van der Waals surface area contributed by atoms with Gasteiger partial charge in [0.1, 0.15) is 0 Å². The molecule has 2 atom stereocenters. The number of rotatable bonds is 5. The molecule has 0 aromatic rings. The molecule has 2 nitrogen and oxygen atoms in total. The van der Waals surface area contributed by atoms with E-state index in [-0.39, 0.29) is 5.54 Å². The first kappa shape index (κ1) is 12.4. The van der Waals surface area contributed by atoms with E-state index in [1.165, 1.54) is 45.1 Å². The van der Waals surface area contributed by atoms with Crippen LogP contribution in [0.3, 0.4) is 0 Å². The summed E-state index contributed by atoms with van der Waals surface area (Å²) in [6, 6.07) is 0. The van der Waals surface area contributed by atoms with Gasteiger partial charge in [-0.2, -0.15) is 0 Å². The molecule has 2 heteroatoms. The molecule has 16 heavy (non-hydrogen) atoms. The Labute approximate surface area is 100 Å². The lowest BCUT2D eigenvalue weighted by Gasteiger charge is -2.46. The van der Waals surface area contributed by atoms with Crippen molar-refractivity contribution < 1.29 is 0 Å². The Morgan fingerprint density at radius 3 is 2.56 bits per heavy atom. The minimum Gasteiger partial charge on any atom is -0.329 e. The van der Waals surface area contributed by atoms with Gasteiger partial charge in [-0.25, -0.2) is 0 Å². The van der Waals surface area contributed by atoms with E-state index in [4.69, 9.17) is 5.73 Å². The van der Waals surface area contributed by atoms with E-state index < -0.39 is 0 Å². The van der Waals surface area contributed by atoms with Gasteiger partial charge in [0.25, 0.3) is 0 Å². The monoisotopic (exact) mass is 224 g/mol. The second-order valence-electron chi connectivity index (χ2n) is 6.28. The minimum absolute atomic E-state index is 0.259. The fourth-order valence-electron chi connectivity index (χ4n) is 3.45. The molecule has 2 rings (SSSR count). The van der Waals surface area contributed by atoms with Crippen molar-refractivity contribution in [3.8, 4) is 0 Å². The fraction of sp³-hybridized carbons (Fsp3) is 1.00. The molecule has 2 aliphatic carbocycles. The normalized spacial score (nSPS) is 35.6. The lowest BCUT2D eigenvalue weighted by Crippen LogP contribution is -2.59. The third kappa shape index (κ3) is 2.60. The number of nitrogens with one attached hydrogen (secondary N) is 1. The molecule has 3 N–H and O–H groups in total. The van der Waals surface area contributed by atoms with Crippen molar-refractivity contribution in [2.75, 3.05) is 13.1 Å². The summed E-state index contributed by atoms with van der Waals surface area (Å²) in [4.78, 5) is 0. The van der Waals surface area contributed by atoms with Crippen molar-refractivity contribution in [1.29, 1.82) is 0 Å². The number of nitrogens with two attached hydrogens (primary N) is 1. The SMILES string of the molecule is CC(C)C1CCCCC1(CN)NCC1CC1. The Hall–Kier alpha value is -0.0800. The van der Waals surface area contributed by atoms with Gasteiger partial charge in [-0.1, -0.05) is 26.7 Å². The Morgan fingerprint density at radius 1 is 1.25 bits per heavy atom. The average molecular weight is 224 g/mol. The highest BCUT2D eigenvalue weighted by Crippen LogP contribution is 2.39. The van der Waals surface area contributed by atoms with Crippen LogP contribution in [0, 0.1) is 17.8 Å². The van der Waals surface area contributed by atoms with Crippen molar-refractivity contribution in [1.82, 2.24) is 5.32 Å². The summed E-state index contributed by atoms with van der Waals surface area (Å²) < 4.78 is 0. The molecule has 2 unspecified atom stereocenters. The lowest BCUT2D eigenvalue weighted by atomic mass is 9.68. The predicted octanol–water partition coefficient (Wildman–Crippen LogP) is 2.53. The standard InChI is InChI=1S/C14H28N2/c1-11(2)13-5-3-4-8-14(13,10-15)16-9-12-6-7-12/h11-13,16H,3-10,15H2,1-2H3. The van der Waals surface area contributed by atoms with Gasteiger partial charge in [-0.05, 0) is 50.0 Å². The summed E-state index contributed by atoms with van der Waals surface area (Å²) in [6.45, 7) is 6.75. The van der Waals surface area contributed by atoms with Gasteiger partial charge in [-0.3, -0.25) is 0 Å². The second-order valence-corrected chi connectivity index (χ2v) is 6.28. The maximum atomic E-state index is 6.11. The van der Waals surface area contributed by atoms with Crippen LogP contribution in [0.15, 0.2) is 0 Å². The van der Waals surface area contributed by atoms with Crippen LogP contribution in [-0.4, -0.2) is 18.6 Å². The van der Waals surface area contributed by atoms with Gasteiger partial charge in [0.05, 0.1) is 0 Å². The Balaban J connectivity index is 2.00. The number of hydrogen-bond acceptors (Lipinski definition) is 2. The molecule has 0 spiro atoms. The van der Waals surface area contributed by atoms with Gasteiger partial charge in [0.2, 0.25) is 0 Å². The molecule has 0 bridgehead atoms. The zero-order valence-corrected chi connectivity index (χ0v) is 11.0. The van der Waals surface area contributed by atoms with E-state index in [1.54, 1.807) is 0 Å². The van der Waals surface area contributed by atoms with Crippen LogP contribution in [0.1, 0.15) is 52.4 Å².